The van der Waals surface area contributed by atoms with Crippen molar-refractivity contribution in [1.29, 1.82) is 0 Å². The molecular weight excluding hydrogens is 258 g/mol. The third kappa shape index (κ3) is 2.16. The fourth-order valence-electron chi connectivity index (χ4n) is 2.33. The van der Waals surface area contributed by atoms with Crippen LogP contribution in [-0.2, 0) is 11.3 Å². The molecule has 0 atom stereocenters. The lowest BCUT2D eigenvalue weighted by atomic mass is 9.77. The zero-order valence-corrected chi connectivity index (χ0v) is 10.9. The van der Waals surface area contributed by atoms with Crippen LogP contribution >= 0.6 is 0 Å². The molecule has 0 amide bonds. The molecular formula is C13H15N5O2. The highest BCUT2D eigenvalue weighted by molar-refractivity contribution is 5.79. The van der Waals surface area contributed by atoms with Crippen LogP contribution in [0, 0.1) is 0 Å². The molecule has 0 unspecified atom stereocenters. The van der Waals surface area contributed by atoms with Crippen molar-refractivity contribution in [1.82, 2.24) is 25.5 Å². The lowest BCUT2D eigenvalue weighted by Gasteiger charge is -2.38. The monoisotopic (exact) mass is 273 g/mol. The number of aliphatic carboxylic acids is 1. The van der Waals surface area contributed by atoms with Gasteiger partial charge in [-0.2, -0.15) is 4.68 Å². The molecule has 20 heavy (non-hydrogen) atoms. The SMILES string of the molecule is O=C(O)C1(NCc2nnnn2-c2ccccc2)CCC1. The summed E-state index contributed by atoms with van der Waals surface area (Å²) in [6, 6.07) is 9.52. The third-order valence-corrected chi connectivity index (χ3v) is 3.74. The molecule has 3 rings (SSSR count). The van der Waals surface area contributed by atoms with Crippen molar-refractivity contribution < 1.29 is 9.90 Å². The van der Waals surface area contributed by atoms with Crippen LogP contribution < -0.4 is 5.32 Å². The van der Waals surface area contributed by atoms with Gasteiger partial charge in [-0.1, -0.05) is 18.2 Å². The highest BCUT2D eigenvalue weighted by Crippen LogP contribution is 2.32. The molecule has 0 saturated heterocycles. The first-order chi connectivity index (χ1) is 9.71. The third-order valence-electron chi connectivity index (χ3n) is 3.74. The Kier molecular flexibility index (Phi) is 3.19. The molecule has 0 aliphatic heterocycles. The summed E-state index contributed by atoms with van der Waals surface area (Å²) in [4.78, 5) is 11.3. The largest absolute Gasteiger partial charge is 0.480 e. The summed E-state index contributed by atoms with van der Waals surface area (Å²) < 4.78 is 1.61. The number of carboxylic acid groups (broad SMARTS) is 1. The Morgan fingerprint density at radius 2 is 2.10 bits per heavy atom. The van der Waals surface area contributed by atoms with Crippen LogP contribution in [0.4, 0.5) is 0 Å². The number of aromatic nitrogens is 4. The first kappa shape index (κ1) is 12.7. The van der Waals surface area contributed by atoms with Crippen molar-refractivity contribution in [3.05, 3.63) is 36.2 Å². The number of hydrogen-bond donors (Lipinski definition) is 2. The predicted octanol–water partition coefficient (Wildman–Crippen LogP) is 0.759. The smallest absolute Gasteiger partial charge is 0.323 e. The summed E-state index contributed by atoms with van der Waals surface area (Å²) in [6.45, 7) is 0.328. The lowest BCUT2D eigenvalue weighted by molar-refractivity contribution is -0.148. The zero-order valence-electron chi connectivity index (χ0n) is 10.9. The molecule has 2 N–H and O–H groups in total. The van der Waals surface area contributed by atoms with Crippen molar-refractivity contribution in [3.63, 3.8) is 0 Å². The van der Waals surface area contributed by atoms with Gasteiger partial charge in [0.15, 0.2) is 5.82 Å². The molecule has 0 bridgehead atoms. The number of nitrogens with zero attached hydrogens (tertiary/aromatic N) is 4. The van der Waals surface area contributed by atoms with Crippen LogP contribution in [0.25, 0.3) is 5.69 Å². The summed E-state index contributed by atoms with van der Waals surface area (Å²) in [5.74, 6) is -0.203. The minimum Gasteiger partial charge on any atom is -0.480 e. The van der Waals surface area contributed by atoms with Crippen LogP contribution in [0.2, 0.25) is 0 Å². The maximum atomic E-state index is 11.3. The maximum Gasteiger partial charge on any atom is 0.323 e. The van der Waals surface area contributed by atoms with Gasteiger partial charge in [-0.25, -0.2) is 0 Å². The lowest BCUT2D eigenvalue weighted by Crippen LogP contribution is -2.56. The van der Waals surface area contributed by atoms with Gasteiger partial charge in [0, 0.05) is 0 Å². The number of tetrazole rings is 1. The van der Waals surface area contributed by atoms with E-state index >= 15 is 0 Å². The van der Waals surface area contributed by atoms with Gasteiger partial charge >= 0.3 is 5.97 Å². The second-order valence-electron chi connectivity index (χ2n) is 4.94. The number of para-hydroxylation sites is 1. The minimum atomic E-state index is -0.812. The van der Waals surface area contributed by atoms with E-state index in [2.05, 4.69) is 20.8 Å². The Bertz CT molecular complexity index is 606. The van der Waals surface area contributed by atoms with E-state index in [1.54, 1.807) is 4.68 Å². The minimum absolute atomic E-state index is 0.328. The Balaban J connectivity index is 1.76. The highest BCUT2D eigenvalue weighted by Gasteiger charge is 2.44. The topological polar surface area (TPSA) is 92.9 Å². The molecule has 2 aromatic rings. The molecule has 1 aromatic heterocycles. The number of benzene rings is 1. The van der Waals surface area contributed by atoms with Crippen LogP contribution in [0.15, 0.2) is 30.3 Å². The zero-order chi connectivity index (χ0) is 14.0. The Hall–Kier alpha value is -2.28. The van der Waals surface area contributed by atoms with E-state index in [9.17, 15) is 9.90 Å². The second-order valence-corrected chi connectivity index (χ2v) is 4.94. The molecule has 1 aliphatic rings. The molecule has 0 spiro atoms. The number of nitrogens with one attached hydrogen (secondary N) is 1. The molecule has 1 fully saturated rings. The Morgan fingerprint density at radius 1 is 1.35 bits per heavy atom. The summed E-state index contributed by atoms with van der Waals surface area (Å²) in [5.41, 5.74) is 0.0419. The van der Waals surface area contributed by atoms with E-state index in [1.165, 1.54) is 0 Å². The van der Waals surface area contributed by atoms with Crippen molar-refractivity contribution in [3.8, 4) is 5.69 Å². The van der Waals surface area contributed by atoms with Crippen molar-refractivity contribution >= 4 is 5.97 Å². The van der Waals surface area contributed by atoms with E-state index in [4.69, 9.17) is 0 Å². The second kappa shape index (κ2) is 5.01. The Labute approximate surface area is 115 Å². The highest BCUT2D eigenvalue weighted by atomic mass is 16.4. The summed E-state index contributed by atoms with van der Waals surface area (Å²) in [6.07, 6.45) is 2.23. The van der Waals surface area contributed by atoms with Gasteiger partial charge in [-0.15, -0.1) is 5.10 Å². The molecule has 7 nitrogen and oxygen atoms in total. The van der Waals surface area contributed by atoms with Crippen molar-refractivity contribution in [2.75, 3.05) is 0 Å². The quantitative estimate of drug-likeness (QED) is 0.835. The summed E-state index contributed by atoms with van der Waals surface area (Å²) in [7, 11) is 0. The molecule has 1 aliphatic carbocycles. The normalized spacial score (nSPS) is 16.6. The number of carboxylic acids is 1. The predicted molar refractivity (Wildman–Crippen MR) is 70.2 cm³/mol. The van der Waals surface area contributed by atoms with Crippen LogP contribution in [0.1, 0.15) is 25.1 Å². The first-order valence-corrected chi connectivity index (χ1v) is 6.52. The summed E-state index contributed by atoms with van der Waals surface area (Å²) in [5, 5.41) is 23.9. The molecule has 1 heterocycles. The fraction of sp³-hybridized carbons (Fsp3) is 0.385. The molecule has 1 saturated carbocycles. The Morgan fingerprint density at radius 3 is 2.70 bits per heavy atom. The van der Waals surface area contributed by atoms with E-state index in [-0.39, 0.29) is 0 Å². The van der Waals surface area contributed by atoms with Crippen molar-refractivity contribution in [2.45, 2.75) is 31.3 Å². The van der Waals surface area contributed by atoms with Gasteiger partial charge in [0.1, 0.15) is 5.54 Å². The van der Waals surface area contributed by atoms with Gasteiger partial charge in [-0.05, 0) is 41.8 Å². The average molecular weight is 273 g/mol. The number of carbonyl (C=O) groups is 1. The molecule has 1 aromatic carbocycles. The molecule has 0 radical (unpaired) electrons. The van der Waals surface area contributed by atoms with E-state index in [0.29, 0.717) is 25.2 Å². The molecule has 7 heteroatoms. The van der Waals surface area contributed by atoms with E-state index < -0.39 is 11.5 Å². The van der Waals surface area contributed by atoms with Crippen LogP contribution in [-0.4, -0.2) is 36.8 Å². The van der Waals surface area contributed by atoms with Gasteiger partial charge < -0.3 is 5.11 Å². The van der Waals surface area contributed by atoms with E-state index in [0.717, 1.165) is 12.1 Å². The van der Waals surface area contributed by atoms with Gasteiger partial charge in [0.25, 0.3) is 0 Å². The van der Waals surface area contributed by atoms with E-state index in [1.807, 2.05) is 30.3 Å². The fourth-order valence-corrected chi connectivity index (χ4v) is 2.33. The number of rotatable bonds is 5. The standard InChI is InChI=1S/C13H15N5O2/c19-12(20)13(7-4-8-13)14-9-11-15-16-17-18(11)10-5-2-1-3-6-10/h1-3,5-6,14H,4,7-9H2,(H,19,20). The first-order valence-electron chi connectivity index (χ1n) is 6.52. The maximum absolute atomic E-state index is 11.3. The van der Waals surface area contributed by atoms with Gasteiger partial charge in [-0.3, -0.25) is 10.1 Å². The van der Waals surface area contributed by atoms with Crippen molar-refractivity contribution in [2.24, 2.45) is 0 Å². The van der Waals surface area contributed by atoms with Crippen LogP contribution in [0.3, 0.4) is 0 Å². The van der Waals surface area contributed by atoms with Gasteiger partial charge in [0.05, 0.1) is 12.2 Å². The van der Waals surface area contributed by atoms with Gasteiger partial charge in [0.2, 0.25) is 0 Å². The number of hydrogen-bond acceptors (Lipinski definition) is 5. The summed E-state index contributed by atoms with van der Waals surface area (Å²) >= 11 is 0. The molecule has 104 valence electrons. The average Bonchev–Trinajstić information content (AvgIpc) is 2.86. The van der Waals surface area contributed by atoms with Crippen LogP contribution in [0.5, 0.6) is 0 Å².